The van der Waals surface area contributed by atoms with Crippen molar-refractivity contribution < 1.29 is 10.0 Å². The fourth-order valence-corrected chi connectivity index (χ4v) is 2.02. The molecule has 19 heavy (non-hydrogen) atoms. The highest BCUT2D eigenvalue weighted by Gasteiger charge is 2.21. The molecule has 0 fully saturated rings. The van der Waals surface area contributed by atoms with Crippen molar-refractivity contribution >= 4 is 11.4 Å². The maximum Gasteiger partial charge on any atom is 0.295 e. The molecule has 1 aromatic carbocycles. The third-order valence-corrected chi connectivity index (χ3v) is 3.19. The van der Waals surface area contributed by atoms with Gasteiger partial charge in [-0.1, -0.05) is 26.0 Å². The van der Waals surface area contributed by atoms with Crippen LogP contribution in [0.1, 0.15) is 32.3 Å². The summed E-state index contributed by atoms with van der Waals surface area (Å²) in [4.78, 5) is 10.7. The lowest BCUT2D eigenvalue weighted by molar-refractivity contribution is -0.384. The summed E-state index contributed by atoms with van der Waals surface area (Å²) in [6.45, 7) is 6.71. The molecule has 0 radical (unpaired) electrons. The minimum atomic E-state index is -0.349. The highest BCUT2D eigenvalue weighted by atomic mass is 16.6. The number of aryl methyl sites for hydroxylation is 1. The Labute approximate surface area is 113 Å². The number of aliphatic hydroxyl groups excluding tert-OH is 1. The number of rotatable bonds is 7. The molecule has 0 aliphatic rings. The quantitative estimate of drug-likeness (QED) is 0.587. The molecule has 106 valence electrons. The average Bonchev–Trinajstić information content (AvgIpc) is 2.33. The van der Waals surface area contributed by atoms with Crippen LogP contribution < -0.4 is 5.32 Å². The topological polar surface area (TPSA) is 75.4 Å². The number of aliphatic hydroxyl groups is 1. The van der Waals surface area contributed by atoms with E-state index in [0.717, 1.165) is 12.8 Å². The van der Waals surface area contributed by atoms with E-state index in [0.29, 0.717) is 17.8 Å². The number of anilines is 1. The molecule has 0 spiro atoms. The van der Waals surface area contributed by atoms with Crippen molar-refractivity contribution in [1.82, 2.24) is 0 Å². The fourth-order valence-electron chi connectivity index (χ4n) is 2.02. The van der Waals surface area contributed by atoms with Gasteiger partial charge in [-0.3, -0.25) is 10.1 Å². The van der Waals surface area contributed by atoms with Crippen molar-refractivity contribution in [2.24, 2.45) is 5.41 Å². The molecular weight excluding hydrogens is 244 g/mol. The summed E-state index contributed by atoms with van der Waals surface area (Å²) >= 11 is 0. The Morgan fingerprint density at radius 3 is 2.68 bits per heavy atom. The fraction of sp³-hybridized carbons (Fsp3) is 0.571. The first-order chi connectivity index (χ1) is 8.87. The smallest absolute Gasteiger partial charge is 0.295 e. The summed E-state index contributed by atoms with van der Waals surface area (Å²) in [5.41, 5.74) is 1.34. The van der Waals surface area contributed by atoms with Crippen molar-refractivity contribution in [2.45, 2.75) is 33.6 Å². The molecule has 0 saturated heterocycles. The van der Waals surface area contributed by atoms with Crippen LogP contribution in [0.2, 0.25) is 0 Å². The van der Waals surface area contributed by atoms with Gasteiger partial charge in [0, 0.05) is 18.7 Å². The lowest BCUT2D eigenvalue weighted by Gasteiger charge is -2.25. The third kappa shape index (κ3) is 4.52. The molecule has 0 aromatic heterocycles. The summed E-state index contributed by atoms with van der Waals surface area (Å²) in [5.74, 6) is 0. The second-order valence-electron chi connectivity index (χ2n) is 5.57. The first-order valence-corrected chi connectivity index (χ1v) is 6.46. The van der Waals surface area contributed by atoms with Gasteiger partial charge >= 0.3 is 0 Å². The van der Waals surface area contributed by atoms with Gasteiger partial charge in [0.05, 0.1) is 4.92 Å². The molecule has 0 aliphatic heterocycles. The Hall–Kier alpha value is -1.62. The first-order valence-electron chi connectivity index (χ1n) is 6.46. The van der Waals surface area contributed by atoms with Gasteiger partial charge in [-0.05, 0) is 31.2 Å². The lowest BCUT2D eigenvalue weighted by Crippen LogP contribution is -2.23. The molecular formula is C14H22N2O3. The molecule has 5 nitrogen and oxygen atoms in total. The van der Waals surface area contributed by atoms with Crippen molar-refractivity contribution in [2.75, 3.05) is 18.5 Å². The van der Waals surface area contributed by atoms with Gasteiger partial charge in [0.25, 0.3) is 5.69 Å². The maximum atomic E-state index is 11.1. The van der Waals surface area contributed by atoms with Crippen molar-refractivity contribution in [3.8, 4) is 0 Å². The van der Waals surface area contributed by atoms with Crippen LogP contribution in [0.15, 0.2) is 18.2 Å². The molecule has 5 heteroatoms. The van der Waals surface area contributed by atoms with E-state index in [1.165, 1.54) is 0 Å². The van der Waals surface area contributed by atoms with E-state index in [-0.39, 0.29) is 22.6 Å². The van der Waals surface area contributed by atoms with E-state index in [4.69, 9.17) is 5.11 Å². The predicted molar refractivity (Wildman–Crippen MR) is 76.4 cm³/mol. The Kier molecular flexibility index (Phi) is 5.30. The minimum Gasteiger partial charge on any atom is -0.396 e. The van der Waals surface area contributed by atoms with E-state index in [1.807, 2.05) is 6.07 Å². The molecule has 0 unspecified atom stereocenters. The summed E-state index contributed by atoms with van der Waals surface area (Å²) in [6.07, 6.45) is 1.61. The normalized spacial score (nSPS) is 11.4. The number of nitro benzene ring substituents is 1. The van der Waals surface area contributed by atoms with Gasteiger partial charge in [-0.25, -0.2) is 0 Å². The Bertz CT molecular complexity index is 444. The van der Waals surface area contributed by atoms with Gasteiger partial charge in [0.2, 0.25) is 0 Å². The monoisotopic (exact) mass is 266 g/mol. The van der Waals surface area contributed by atoms with Crippen molar-refractivity contribution in [1.29, 1.82) is 0 Å². The van der Waals surface area contributed by atoms with Crippen LogP contribution in [-0.4, -0.2) is 23.2 Å². The van der Waals surface area contributed by atoms with Crippen molar-refractivity contribution in [3.63, 3.8) is 0 Å². The Balaban J connectivity index is 2.78. The predicted octanol–water partition coefficient (Wildman–Crippen LogP) is 3.11. The molecule has 2 N–H and O–H groups in total. The van der Waals surface area contributed by atoms with E-state index in [1.54, 1.807) is 19.1 Å². The van der Waals surface area contributed by atoms with Gasteiger partial charge in [0.15, 0.2) is 0 Å². The van der Waals surface area contributed by atoms with Gasteiger partial charge < -0.3 is 10.4 Å². The van der Waals surface area contributed by atoms with Crippen LogP contribution in [0, 0.1) is 22.5 Å². The largest absolute Gasteiger partial charge is 0.396 e. The van der Waals surface area contributed by atoms with E-state index < -0.39 is 0 Å². The first kappa shape index (κ1) is 15.4. The molecule has 0 heterocycles. The van der Waals surface area contributed by atoms with E-state index in [9.17, 15) is 10.1 Å². The molecule has 0 bridgehead atoms. The Morgan fingerprint density at radius 1 is 1.42 bits per heavy atom. The summed E-state index contributed by atoms with van der Waals surface area (Å²) in [7, 11) is 0. The zero-order valence-corrected chi connectivity index (χ0v) is 11.8. The summed E-state index contributed by atoms with van der Waals surface area (Å²) in [6, 6.07) is 5.28. The van der Waals surface area contributed by atoms with Crippen LogP contribution in [-0.2, 0) is 0 Å². The third-order valence-electron chi connectivity index (χ3n) is 3.19. The minimum absolute atomic E-state index is 0.0135. The number of nitro groups is 1. The Morgan fingerprint density at radius 2 is 2.11 bits per heavy atom. The number of hydrogen-bond donors (Lipinski definition) is 2. The zero-order valence-electron chi connectivity index (χ0n) is 11.8. The van der Waals surface area contributed by atoms with Crippen molar-refractivity contribution in [3.05, 3.63) is 33.9 Å². The molecule has 0 saturated carbocycles. The van der Waals surface area contributed by atoms with Crippen LogP contribution >= 0.6 is 0 Å². The number of hydrogen-bond acceptors (Lipinski definition) is 4. The van der Waals surface area contributed by atoms with E-state index >= 15 is 0 Å². The van der Waals surface area contributed by atoms with Gasteiger partial charge in [-0.15, -0.1) is 0 Å². The molecule has 0 atom stereocenters. The molecule has 1 rings (SSSR count). The molecule has 0 amide bonds. The zero-order chi connectivity index (χ0) is 14.5. The highest BCUT2D eigenvalue weighted by Crippen LogP contribution is 2.30. The summed E-state index contributed by atoms with van der Waals surface area (Å²) < 4.78 is 0. The van der Waals surface area contributed by atoms with Gasteiger partial charge in [0.1, 0.15) is 5.69 Å². The van der Waals surface area contributed by atoms with Crippen LogP contribution in [0.25, 0.3) is 0 Å². The standard InChI is InChI=1S/C14H22N2O3/c1-11-6-4-7-12(13(11)16(18)19)15-10-14(2,3)8-5-9-17/h4,6-7,15,17H,5,8-10H2,1-3H3. The molecule has 0 aliphatic carbocycles. The van der Waals surface area contributed by atoms with Crippen LogP contribution in [0.5, 0.6) is 0 Å². The summed E-state index contributed by atoms with van der Waals surface area (Å²) in [5, 5.41) is 23.1. The highest BCUT2D eigenvalue weighted by molar-refractivity contribution is 5.65. The second-order valence-corrected chi connectivity index (χ2v) is 5.57. The van der Waals surface area contributed by atoms with Crippen LogP contribution in [0.3, 0.4) is 0 Å². The second kappa shape index (κ2) is 6.52. The van der Waals surface area contributed by atoms with Gasteiger partial charge in [-0.2, -0.15) is 0 Å². The average molecular weight is 266 g/mol. The SMILES string of the molecule is Cc1cccc(NCC(C)(C)CCCO)c1[N+](=O)[O-]. The number of para-hydroxylation sites is 1. The maximum absolute atomic E-state index is 11.1. The number of nitrogens with one attached hydrogen (secondary N) is 1. The number of benzene rings is 1. The van der Waals surface area contributed by atoms with Crippen LogP contribution in [0.4, 0.5) is 11.4 Å². The molecule has 1 aromatic rings. The lowest BCUT2D eigenvalue weighted by atomic mass is 9.88. The number of nitrogens with zero attached hydrogens (tertiary/aromatic N) is 1. The van der Waals surface area contributed by atoms with E-state index in [2.05, 4.69) is 19.2 Å².